The van der Waals surface area contributed by atoms with Crippen molar-refractivity contribution in [2.24, 2.45) is 0 Å². The fourth-order valence-electron chi connectivity index (χ4n) is 8.84. The van der Waals surface area contributed by atoms with E-state index in [4.69, 9.17) is 21.5 Å². The second-order valence-corrected chi connectivity index (χ2v) is 15.4. The number of hydrogen-bond acceptors (Lipinski definition) is 4. The average Bonchev–Trinajstić information content (AvgIpc) is 3.68. The number of hydrogen-bond donors (Lipinski definition) is 0. The van der Waals surface area contributed by atoms with Crippen LogP contribution in [0.25, 0.3) is 117 Å². The first-order chi connectivity index (χ1) is 30.6. The third-order valence-electron chi connectivity index (χ3n) is 11.7. The molecular weight excluding hydrogens is 755 g/mol. The quantitative estimate of drug-likeness (QED) is 0.151. The summed E-state index contributed by atoms with van der Waals surface area (Å²) in [5.74, 6) is 1.51. The topological polar surface area (TPSA) is 66.8 Å². The molecule has 5 nitrogen and oxygen atoms in total. The Bertz CT molecular complexity index is 3490. The molecule has 0 bridgehead atoms. The maximum atomic E-state index is 10.3. The highest BCUT2D eigenvalue weighted by molar-refractivity contribution is 6.16. The van der Waals surface area contributed by atoms with Gasteiger partial charge >= 0.3 is 0 Å². The number of rotatable bonds is 7. The van der Waals surface area contributed by atoms with Crippen LogP contribution < -0.4 is 0 Å². The van der Waals surface area contributed by atoms with Gasteiger partial charge in [-0.3, -0.25) is 0 Å². The highest BCUT2D eigenvalue weighted by Gasteiger charge is 2.23. The van der Waals surface area contributed by atoms with Crippen molar-refractivity contribution in [2.45, 2.75) is 0 Å². The Morgan fingerprint density at radius 2 is 0.887 bits per heavy atom. The highest BCUT2D eigenvalue weighted by atomic mass is 15.0. The number of nitrogens with zero attached hydrogens (tertiary/aromatic N) is 5. The monoisotopic (exact) mass is 787 g/mol. The van der Waals surface area contributed by atoms with Crippen LogP contribution in [0.15, 0.2) is 200 Å². The van der Waals surface area contributed by atoms with Gasteiger partial charge in [0.2, 0.25) is 0 Å². The maximum absolute atomic E-state index is 10.3. The van der Waals surface area contributed by atoms with Crippen molar-refractivity contribution in [3.63, 3.8) is 0 Å². The first-order valence-corrected chi connectivity index (χ1v) is 20.4. The third-order valence-corrected chi connectivity index (χ3v) is 11.7. The molecule has 286 valence electrons. The maximum Gasteiger partial charge on any atom is 0.187 e. The highest BCUT2D eigenvalue weighted by Crippen LogP contribution is 2.50. The van der Waals surface area contributed by atoms with Gasteiger partial charge in [0, 0.05) is 16.7 Å². The lowest BCUT2D eigenvalue weighted by Gasteiger charge is -2.17. The van der Waals surface area contributed by atoms with E-state index in [9.17, 15) is 5.26 Å². The molecule has 1 aliphatic rings. The van der Waals surface area contributed by atoms with Crippen LogP contribution in [-0.4, -0.2) is 15.0 Å². The van der Waals surface area contributed by atoms with Gasteiger partial charge in [-0.15, -0.1) is 0 Å². The molecule has 0 radical (unpaired) electrons. The standard InChI is InChI=1S/C57H33N5/c1-59-44-27-29-47(52(34-44)48-22-9-8-21-46(48)42-31-39-19-13-25-51-49-23-10-11-24-50(49)53(33-42)54(39)51)38-18-12-20-40(30-38)56-60-55(37-16-6-3-7-17-37)61-57(62-56)41-26-28-45(43(32-41)35-58)36-14-4-2-5-15-36/h2-34H. The second-order valence-electron chi connectivity index (χ2n) is 15.4. The molecule has 10 aromatic rings. The van der Waals surface area contributed by atoms with Crippen molar-refractivity contribution in [3.05, 3.63) is 217 Å². The summed E-state index contributed by atoms with van der Waals surface area (Å²) in [7, 11) is 0. The molecule has 5 heteroatoms. The zero-order chi connectivity index (χ0) is 41.6. The Balaban J connectivity index is 1.04. The summed E-state index contributed by atoms with van der Waals surface area (Å²) in [6.45, 7) is 8.01. The summed E-state index contributed by atoms with van der Waals surface area (Å²) in [5, 5.41) is 12.7. The normalized spacial score (nSPS) is 11.2. The zero-order valence-electron chi connectivity index (χ0n) is 33.3. The fraction of sp³-hybridized carbons (Fsp3) is 0. The predicted molar refractivity (Wildman–Crippen MR) is 251 cm³/mol. The van der Waals surface area contributed by atoms with Crippen LogP contribution in [0.5, 0.6) is 0 Å². The zero-order valence-corrected chi connectivity index (χ0v) is 33.3. The molecule has 9 aromatic carbocycles. The first kappa shape index (κ1) is 36.3. The molecule has 0 saturated carbocycles. The number of fused-ring (bicyclic) bond motifs is 3. The fourth-order valence-corrected chi connectivity index (χ4v) is 8.84. The molecule has 62 heavy (non-hydrogen) atoms. The van der Waals surface area contributed by atoms with Gasteiger partial charge in [0.05, 0.1) is 18.2 Å². The van der Waals surface area contributed by atoms with E-state index in [2.05, 4.69) is 102 Å². The summed E-state index contributed by atoms with van der Waals surface area (Å²) >= 11 is 0. The van der Waals surface area contributed by atoms with Gasteiger partial charge < -0.3 is 0 Å². The van der Waals surface area contributed by atoms with Crippen molar-refractivity contribution in [1.82, 2.24) is 15.0 Å². The van der Waals surface area contributed by atoms with Crippen LogP contribution >= 0.6 is 0 Å². The van der Waals surface area contributed by atoms with E-state index in [1.807, 2.05) is 109 Å². The summed E-state index contributed by atoms with van der Waals surface area (Å²) in [6.07, 6.45) is 0. The molecule has 0 fully saturated rings. The van der Waals surface area contributed by atoms with E-state index in [0.717, 1.165) is 61.2 Å². The van der Waals surface area contributed by atoms with E-state index < -0.39 is 0 Å². The molecule has 0 atom stereocenters. The largest absolute Gasteiger partial charge is 0.238 e. The van der Waals surface area contributed by atoms with Crippen LogP contribution in [0.3, 0.4) is 0 Å². The lowest BCUT2D eigenvalue weighted by molar-refractivity contribution is 1.07. The minimum atomic E-state index is 0.472. The van der Waals surface area contributed by atoms with Crippen LogP contribution in [0.1, 0.15) is 5.56 Å². The van der Waals surface area contributed by atoms with Gasteiger partial charge in [-0.25, -0.2) is 19.8 Å². The van der Waals surface area contributed by atoms with Gasteiger partial charge in [0.25, 0.3) is 0 Å². The smallest absolute Gasteiger partial charge is 0.187 e. The average molecular weight is 788 g/mol. The van der Waals surface area contributed by atoms with Crippen molar-refractivity contribution < 1.29 is 0 Å². The van der Waals surface area contributed by atoms with Crippen LogP contribution in [0, 0.1) is 17.9 Å². The Labute approximate surface area is 359 Å². The molecule has 0 amide bonds. The Morgan fingerprint density at radius 1 is 0.355 bits per heavy atom. The van der Waals surface area contributed by atoms with Crippen LogP contribution in [0.2, 0.25) is 0 Å². The van der Waals surface area contributed by atoms with Gasteiger partial charge in [0.15, 0.2) is 23.2 Å². The van der Waals surface area contributed by atoms with E-state index in [-0.39, 0.29) is 0 Å². The van der Waals surface area contributed by atoms with E-state index in [0.29, 0.717) is 28.7 Å². The first-order valence-electron chi connectivity index (χ1n) is 20.4. The summed E-state index contributed by atoms with van der Waals surface area (Å²) in [4.78, 5) is 18.9. The van der Waals surface area contributed by atoms with Crippen LogP contribution in [0.4, 0.5) is 5.69 Å². The van der Waals surface area contributed by atoms with Crippen molar-refractivity contribution in [1.29, 1.82) is 5.26 Å². The molecule has 1 aromatic heterocycles. The van der Waals surface area contributed by atoms with Crippen molar-refractivity contribution in [3.8, 4) is 107 Å². The van der Waals surface area contributed by atoms with Gasteiger partial charge in [0.1, 0.15) is 0 Å². The Morgan fingerprint density at radius 3 is 1.60 bits per heavy atom. The van der Waals surface area contributed by atoms with E-state index in [1.54, 1.807) is 0 Å². The van der Waals surface area contributed by atoms with E-state index in [1.165, 1.54) is 33.0 Å². The Kier molecular flexibility index (Phi) is 8.85. The lowest BCUT2D eigenvalue weighted by atomic mass is 9.87. The number of benzene rings is 9. The van der Waals surface area contributed by atoms with Crippen molar-refractivity contribution in [2.75, 3.05) is 0 Å². The lowest BCUT2D eigenvalue weighted by Crippen LogP contribution is -2.01. The molecule has 1 aliphatic carbocycles. The molecule has 0 saturated heterocycles. The minimum Gasteiger partial charge on any atom is -0.238 e. The predicted octanol–water partition coefficient (Wildman–Crippen LogP) is 14.8. The molecule has 0 aliphatic heterocycles. The summed E-state index contributed by atoms with van der Waals surface area (Å²) in [5.41, 5.74) is 16.5. The number of nitriles is 1. The van der Waals surface area contributed by atoms with Gasteiger partial charge in [-0.1, -0.05) is 170 Å². The van der Waals surface area contributed by atoms with Crippen LogP contribution in [-0.2, 0) is 0 Å². The van der Waals surface area contributed by atoms with Gasteiger partial charge in [-0.2, -0.15) is 5.26 Å². The molecule has 0 N–H and O–H groups in total. The Hall–Kier alpha value is -8.77. The number of aromatic nitrogens is 3. The van der Waals surface area contributed by atoms with E-state index >= 15 is 0 Å². The second kappa shape index (κ2) is 15.1. The molecule has 0 unspecified atom stereocenters. The molecular formula is C57H33N5. The van der Waals surface area contributed by atoms with Crippen molar-refractivity contribution >= 4 is 16.5 Å². The minimum absolute atomic E-state index is 0.472. The summed E-state index contributed by atoms with van der Waals surface area (Å²) < 4.78 is 0. The molecule has 1 heterocycles. The SMILES string of the molecule is [C-]#[N+]c1ccc(-c2cccc(-c3nc(-c4ccccc4)nc(-c4ccc(-c5ccccc5)c(C#N)c4)n3)c2)c(-c2ccccc2-c2cc3c4c(cccc4c2)-c2ccccc2-3)c1. The third kappa shape index (κ3) is 6.30. The molecule has 11 rings (SSSR count). The van der Waals surface area contributed by atoms with Gasteiger partial charge in [-0.05, 0) is 108 Å². The summed E-state index contributed by atoms with van der Waals surface area (Å²) in [6, 6.07) is 70.5. The molecule has 0 spiro atoms.